The number of aliphatic hydroxyl groups is 1. The van der Waals surface area contributed by atoms with E-state index >= 15 is 0 Å². The Labute approximate surface area is 114 Å². The Morgan fingerprint density at radius 3 is 2.60 bits per heavy atom. The fourth-order valence-electron chi connectivity index (χ4n) is 2.05. The second kappa shape index (κ2) is 5.22. The van der Waals surface area contributed by atoms with Crippen molar-refractivity contribution in [2.45, 2.75) is 6.10 Å². The summed E-state index contributed by atoms with van der Waals surface area (Å²) in [5.41, 5.74) is 1.83. The van der Waals surface area contributed by atoms with Crippen LogP contribution >= 0.6 is 0 Å². The average molecular weight is 270 g/mol. The molecule has 1 aromatic heterocycles. The molecule has 3 aromatic rings. The number of ether oxygens (including phenoxy) is 1. The molecule has 0 bridgehead atoms. The van der Waals surface area contributed by atoms with Gasteiger partial charge in [-0.1, -0.05) is 24.3 Å². The summed E-state index contributed by atoms with van der Waals surface area (Å²) in [5, 5.41) is 10.1. The molecule has 3 rings (SSSR count). The van der Waals surface area contributed by atoms with E-state index < -0.39 is 6.10 Å². The lowest BCUT2D eigenvalue weighted by atomic mass is 10.1. The summed E-state index contributed by atoms with van der Waals surface area (Å²) in [4.78, 5) is 16.5. The van der Waals surface area contributed by atoms with Crippen molar-refractivity contribution in [2.75, 3.05) is 6.61 Å². The van der Waals surface area contributed by atoms with Crippen LogP contribution in [-0.2, 0) is 0 Å². The molecule has 1 heterocycles. The standard InChI is InChI=1S/C15H14N2O3/c18-14(9-20-11-4-2-1-3-5-11)10-6-7-12-13(8-10)17-15(19)16-12/h1-8,14,18H,9H2,(H2,16,17,19). The highest BCUT2D eigenvalue weighted by atomic mass is 16.5. The first kappa shape index (κ1) is 12.5. The lowest BCUT2D eigenvalue weighted by Crippen LogP contribution is -2.09. The maximum atomic E-state index is 11.2. The molecule has 1 unspecified atom stereocenters. The van der Waals surface area contributed by atoms with E-state index in [4.69, 9.17) is 4.74 Å². The summed E-state index contributed by atoms with van der Waals surface area (Å²) in [6.07, 6.45) is -0.752. The zero-order chi connectivity index (χ0) is 13.9. The molecule has 0 aliphatic rings. The lowest BCUT2D eigenvalue weighted by Gasteiger charge is -2.12. The number of aromatic nitrogens is 2. The van der Waals surface area contributed by atoms with Gasteiger partial charge in [0.25, 0.3) is 0 Å². The molecule has 5 heteroatoms. The van der Waals surface area contributed by atoms with Gasteiger partial charge in [-0.05, 0) is 29.8 Å². The zero-order valence-electron chi connectivity index (χ0n) is 10.7. The molecular formula is C15H14N2O3. The molecule has 0 spiro atoms. The van der Waals surface area contributed by atoms with Crippen LogP contribution in [0, 0.1) is 0 Å². The molecule has 102 valence electrons. The third-order valence-corrected chi connectivity index (χ3v) is 3.08. The summed E-state index contributed by atoms with van der Waals surface area (Å²) in [7, 11) is 0. The van der Waals surface area contributed by atoms with E-state index in [1.54, 1.807) is 18.2 Å². The number of para-hydroxylation sites is 1. The predicted octanol–water partition coefficient (Wildman–Crippen LogP) is 1.97. The molecule has 0 fully saturated rings. The van der Waals surface area contributed by atoms with E-state index in [0.29, 0.717) is 16.8 Å². The first-order chi connectivity index (χ1) is 9.72. The normalized spacial score (nSPS) is 12.4. The van der Waals surface area contributed by atoms with Crippen LogP contribution in [-0.4, -0.2) is 21.7 Å². The summed E-state index contributed by atoms with van der Waals surface area (Å²) >= 11 is 0. The number of nitrogens with one attached hydrogen (secondary N) is 2. The maximum absolute atomic E-state index is 11.2. The fourth-order valence-corrected chi connectivity index (χ4v) is 2.05. The van der Waals surface area contributed by atoms with Gasteiger partial charge in [0.1, 0.15) is 18.5 Å². The molecular weight excluding hydrogens is 256 g/mol. The minimum Gasteiger partial charge on any atom is -0.491 e. The topological polar surface area (TPSA) is 78.1 Å². The zero-order valence-corrected chi connectivity index (χ0v) is 10.7. The number of fused-ring (bicyclic) bond motifs is 1. The molecule has 0 amide bonds. The van der Waals surface area contributed by atoms with Gasteiger partial charge in [0.05, 0.1) is 11.0 Å². The third-order valence-electron chi connectivity index (χ3n) is 3.08. The van der Waals surface area contributed by atoms with Gasteiger partial charge in [-0.15, -0.1) is 0 Å². The molecule has 0 saturated carbocycles. The second-order valence-electron chi connectivity index (χ2n) is 4.52. The summed E-state index contributed by atoms with van der Waals surface area (Å²) < 4.78 is 5.51. The van der Waals surface area contributed by atoms with Gasteiger partial charge >= 0.3 is 5.69 Å². The van der Waals surface area contributed by atoms with Crippen LogP contribution in [0.25, 0.3) is 11.0 Å². The van der Waals surface area contributed by atoms with Gasteiger partial charge < -0.3 is 19.8 Å². The first-order valence-electron chi connectivity index (χ1n) is 6.30. The van der Waals surface area contributed by atoms with Gasteiger partial charge in [-0.3, -0.25) is 0 Å². The van der Waals surface area contributed by atoms with Gasteiger partial charge in [0.2, 0.25) is 0 Å². The Bertz CT molecular complexity index is 761. The Morgan fingerprint density at radius 2 is 1.80 bits per heavy atom. The Kier molecular flexibility index (Phi) is 3.26. The van der Waals surface area contributed by atoms with Crippen molar-refractivity contribution in [1.29, 1.82) is 0 Å². The van der Waals surface area contributed by atoms with E-state index in [2.05, 4.69) is 9.97 Å². The number of benzene rings is 2. The summed E-state index contributed by atoms with van der Waals surface area (Å²) in [6, 6.07) is 14.6. The van der Waals surface area contributed by atoms with Crippen LogP contribution in [0.4, 0.5) is 0 Å². The number of aromatic amines is 2. The van der Waals surface area contributed by atoms with Crippen LogP contribution in [0.15, 0.2) is 53.3 Å². The molecule has 5 nitrogen and oxygen atoms in total. The van der Waals surface area contributed by atoms with Crippen LogP contribution < -0.4 is 10.4 Å². The highest BCUT2D eigenvalue weighted by Crippen LogP contribution is 2.19. The number of aliphatic hydroxyl groups excluding tert-OH is 1. The molecule has 0 saturated heterocycles. The predicted molar refractivity (Wildman–Crippen MR) is 75.8 cm³/mol. The summed E-state index contributed by atoms with van der Waals surface area (Å²) in [5.74, 6) is 0.711. The first-order valence-corrected chi connectivity index (χ1v) is 6.30. The Balaban J connectivity index is 1.74. The molecule has 0 radical (unpaired) electrons. The van der Waals surface area contributed by atoms with Crippen molar-refractivity contribution >= 4 is 11.0 Å². The third kappa shape index (κ3) is 2.57. The second-order valence-corrected chi connectivity index (χ2v) is 4.52. The van der Waals surface area contributed by atoms with Gasteiger partial charge in [0.15, 0.2) is 0 Å². The summed E-state index contributed by atoms with van der Waals surface area (Å²) in [6.45, 7) is 0.157. The van der Waals surface area contributed by atoms with E-state index in [1.807, 2.05) is 30.3 Å². The molecule has 0 aliphatic heterocycles. The number of hydrogen-bond acceptors (Lipinski definition) is 3. The van der Waals surface area contributed by atoms with Crippen molar-refractivity contribution in [3.05, 3.63) is 64.6 Å². The molecule has 3 N–H and O–H groups in total. The van der Waals surface area contributed by atoms with Gasteiger partial charge in [-0.2, -0.15) is 0 Å². The quantitative estimate of drug-likeness (QED) is 0.678. The minimum absolute atomic E-state index is 0.157. The monoisotopic (exact) mass is 270 g/mol. The van der Waals surface area contributed by atoms with Crippen molar-refractivity contribution in [2.24, 2.45) is 0 Å². The van der Waals surface area contributed by atoms with E-state index in [1.165, 1.54) is 0 Å². The lowest BCUT2D eigenvalue weighted by molar-refractivity contribution is 0.108. The Hall–Kier alpha value is -2.53. The van der Waals surface area contributed by atoms with E-state index in [-0.39, 0.29) is 12.3 Å². The number of H-pyrrole nitrogens is 2. The molecule has 0 aliphatic carbocycles. The number of imidazole rings is 1. The maximum Gasteiger partial charge on any atom is 0.323 e. The molecule has 1 atom stereocenters. The Morgan fingerprint density at radius 1 is 1.05 bits per heavy atom. The van der Waals surface area contributed by atoms with Crippen molar-refractivity contribution in [3.8, 4) is 5.75 Å². The van der Waals surface area contributed by atoms with Crippen LogP contribution in [0.5, 0.6) is 5.75 Å². The van der Waals surface area contributed by atoms with Crippen molar-refractivity contribution in [1.82, 2.24) is 9.97 Å². The number of hydrogen-bond donors (Lipinski definition) is 3. The van der Waals surface area contributed by atoms with E-state index in [0.717, 1.165) is 5.52 Å². The van der Waals surface area contributed by atoms with Crippen LogP contribution in [0.2, 0.25) is 0 Å². The fraction of sp³-hybridized carbons (Fsp3) is 0.133. The highest BCUT2D eigenvalue weighted by molar-refractivity contribution is 5.75. The van der Waals surface area contributed by atoms with Gasteiger partial charge in [0, 0.05) is 0 Å². The van der Waals surface area contributed by atoms with Gasteiger partial charge in [-0.25, -0.2) is 4.79 Å². The highest BCUT2D eigenvalue weighted by Gasteiger charge is 2.10. The minimum atomic E-state index is -0.752. The molecule has 2 aromatic carbocycles. The van der Waals surface area contributed by atoms with Crippen LogP contribution in [0.3, 0.4) is 0 Å². The van der Waals surface area contributed by atoms with Crippen molar-refractivity contribution in [3.63, 3.8) is 0 Å². The smallest absolute Gasteiger partial charge is 0.323 e. The number of rotatable bonds is 4. The van der Waals surface area contributed by atoms with Crippen molar-refractivity contribution < 1.29 is 9.84 Å². The van der Waals surface area contributed by atoms with E-state index in [9.17, 15) is 9.90 Å². The largest absolute Gasteiger partial charge is 0.491 e. The van der Waals surface area contributed by atoms with Crippen LogP contribution in [0.1, 0.15) is 11.7 Å². The SMILES string of the molecule is O=c1[nH]c2ccc(C(O)COc3ccccc3)cc2[nH]1. The molecule has 20 heavy (non-hydrogen) atoms. The average Bonchev–Trinajstić information content (AvgIpc) is 2.85.